The van der Waals surface area contributed by atoms with Crippen LogP contribution in [-0.2, 0) is 24.3 Å². The standard InChI is InChI=1S/C14H22BrN3O2/c1-4-11-13(15)12(18(5-2)16-11)8-17-6-9(3)10(7-17)14(19)20/h9-10H,4-8H2,1-3H3,(H,19,20)/t9-,10-/m1/s1. The molecule has 2 rings (SSSR count). The average molecular weight is 344 g/mol. The van der Waals surface area contributed by atoms with Crippen molar-refractivity contribution < 1.29 is 9.90 Å². The van der Waals surface area contributed by atoms with E-state index in [1.54, 1.807) is 0 Å². The molecule has 2 heterocycles. The molecule has 1 aliphatic heterocycles. The van der Waals surface area contributed by atoms with Crippen LogP contribution in [0.5, 0.6) is 0 Å². The van der Waals surface area contributed by atoms with Gasteiger partial charge in [-0.25, -0.2) is 0 Å². The molecule has 1 saturated heterocycles. The molecule has 112 valence electrons. The van der Waals surface area contributed by atoms with E-state index in [1.165, 1.54) is 0 Å². The van der Waals surface area contributed by atoms with Crippen molar-refractivity contribution in [3.63, 3.8) is 0 Å². The summed E-state index contributed by atoms with van der Waals surface area (Å²) in [6, 6.07) is 0. The van der Waals surface area contributed by atoms with E-state index in [1.807, 2.05) is 11.6 Å². The number of nitrogens with zero attached hydrogens (tertiary/aromatic N) is 3. The number of hydrogen-bond acceptors (Lipinski definition) is 3. The number of aromatic nitrogens is 2. The SMILES string of the molecule is CCc1nn(CC)c(CN2C[C@@H](C)[C@H](C(=O)O)C2)c1Br. The number of rotatable bonds is 5. The lowest BCUT2D eigenvalue weighted by Crippen LogP contribution is -2.24. The average Bonchev–Trinajstić information content (AvgIpc) is 2.92. The van der Waals surface area contributed by atoms with Crippen LogP contribution in [0, 0.1) is 11.8 Å². The summed E-state index contributed by atoms with van der Waals surface area (Å²) in [5, 5.41) is 13.8. The first kappa shape index (κ1) is 15.5. The summed E-state index contributed by atoms with van der Waals surface area (Å²) in [6.45, 7) is 9.24. The van der Waals surface area contributed by atoms with Gasteiger partial charge in [-0.15, -0.1) is 0 Å². The Morgan fingerprint density at radius 1 is 1.45 bits per heavy atom. The van der Waals surface area contributed by atoms with E-state index in [-0.39, 0.29) is 11.8 Å². The molecule has 6 heteroatoms. The minimum atomic E-state index is -0.683. The Labute approximate surface area is 128 Å². The number of likely N-dealkylation sites (tertiary alicyclic amines) is 1. The van der Waals surface area contributed by atoms with Crippen molar-refractivity contribution in [2.75, 3.05) is 13.1 Å². The van der Waals surface area contributed by atoms with Crippen molar-refractivity contribution in [3.05, 3.63) is 15.9 Å². The normalized spacial score (nSPS) is 23.4. The van der Waals surface area contributed by atoms with Gasteiger partial charge in [0.1, 0.15) is 0 Å². The molecule has 0 unspecified atom stereocenters. The summed E-state index contributed by atoms with van der Waals surface area (Å²) in [4.78, 5) is 13.4. The third-order valence-electron chi connectivity index (χ3n) is 4.07. The second-order valence-corrected chi connectivity index (χ2v) is 6.29. The van der Waals surface area contributed by atoms with Crippen molar-refractivity contribution in [1.29, 1.82) is 0 Å². The Morgan fingerprint density at radius 2 is 2.15 bits per heavy atom. The van der Waals surface area contributed by atoms with Gasteiger partial charge in [0.25, 0.3) is 0 Å². The first-order valence-corrected chi connectivity index (χ1v) is 7.96. The zero-order valence-corrected chi connectivity index (χ0v) is 13.9. The molecule has 0 aliphatic carbocycles. The highest BCUT2D eigenvalue weighted by Gasteiger charge is 2.35. The van der Waals surface area contributed by atoms with Gasteiger partial charge in [-0.05, 0) is 35.2 Å². The zero-order valence-electron chi connectivity index (χ0n) is 12.3. The summed E-state index contributed by atoms with van der Waals surface area (Å²) in [5.41, 5.74) is 2.23. The van der Waals surface area contributed by atoms with Crippen LogP contribution in [0.2, 0.25) is 0 Å². The summed E-state index contributed by atoms with van der Waals surface area (Å²) in [6.07, 6.45) is 0.898. The fraction of sp³-hybridized carbons (Fsp3) is 0.714. The predicted molar refractivity (Wildman–Crippen MR) is 80.5 cm³/mol. The number of hydrogen-bond donors (Lipinski definition) is 1. The van der Waals surface area contributed by atoms with E-state index in [2.05, 4.69) is 39.8 Å². The van der Waals surface area contributed by atoms with Gasteiger partial charge in [-0.3, -0.25) is 14.4 Å². The van der Waals surface area contributed by atoms with Gasteiger partial charge in [0.2, 0.25) is 0 Å². The van der Waals surface area contributed by atoms with Crippen molar-refractivity contribution in [1.82, 2.24) is 14.7 Å². The molecule has 1 N–H and O–H groups in total. The molecule has 0 spiro atoms. The Morgan fingerprint density at radius 3 is 2.65 bits per heavy atom. The van der Waals surface area contributed by atoms with Crippen LogP contribution in [0.25, 0.3) is 0 Å². The van der Waals surface area contributed by atoms with Crippen LogP contribution in [0.3, 0.4) is 0 Å². The Bertz CT molecular complexity index is 501. The van der Waals surface area contributed by atoms with E-state index in [9.17, 15) is 9.90 Å². The van der Waals surface area contributed by atoms with Gasteiger partial charge in [0.15, 0.2) is 0 Å². The third kappa shape index (κ3) is 2.91. The number of carboxylic acids is 1. The summed E-state index contributed by atoms with van der Waals surface area (Å²) < 4.78 is 3.09. The van der Waals surface area contributed by atoms with Gasteiger partial charge < -0.3 is 5.11 Å². The molecule has 0 aromatic carbocycles. The number of carboxylic acid groups (broad SMARTS) is 1. The molecule has 0 radical (unpaired) electrons. The molecular formula is C14H22BrN3O2. The fourth-order valence-electron chi connectivity index (χ4n) is 2.90. The van der Waals surface area contributed by atoms with Crippen molar-refractivity contribution in [3.8, 4) is 0 Å². The van der Waals surface area contributed by atoms with Gasteiger partial charge in [0.05, 0.1) is 21.8 Å². The van der Waals surface area contributed by atoms with Crippen LogP contribution in [0.1, 0.15) is 32.2 Å². The van der Waals surface area contributed by atoms with Crippen LogP contribution in [0.4, 0.5) is 0 Å². The van der Waals surface area contributed by atoms with Crippen molar-refractivity contribution in [2.45, 2.75) is 40.3 Å². The maximum absolute atomic E-state index is 11.2. The monoisotopic (exact) mass is 343 g/mol. The van der Waals surface area contributed by atoms with E-state index < -0.39 is 5.97 Å². The molecule has 0 amide bonds. The molecule has 20 heavy (non-hydrogen) atoms. The minimum Gasteiger partial charge on any atom is -0.481 e. The number of halogens is 1. The highest BCUT2D eigenvalue weighted by Crippen LogP contribution is 2.28. The fourth-order valence-corrected chi connectivity index (χ4v) is 3.59. The molecular weight excluding hydrogens is 322 g/mol. The van der Waals surface area contributed by atoms with Crippen LogP contribution < -0.4 is 0 Å². The quantitative estimate of drug-likeness (QED) is 0.891. The largest absolute Gasteiger partial charge is 0.481 e. The molecule has 1 aromatic rings. The summed E-state index contributed by atoms with van der Waals surface area (Å²) in [5.74, 6) is -0.732. The topological polar surface area (TPSA) is 58.4 Å². The molecule has 2 atom stereocenters. The van der Waals surface area contributed by atoms with Gasteiger partial charge >= 0.3 is 5.97 Å². The first-order chi connectivity index (χ1) is 9.47. The molecule has 1 aromatic heterocycles. The van der Waals surface area contributed by atoms with Gasteiger partial charge in [0, 0.05) is 26.2 Å². The Balaban J connectivity index is 2.15. The maximum Gasteiger partial charge on any atom is 0.308 e. The molecule has 1 fully saturated rings. The predicted octanol–water partition coefficient (Wildman–Crippen LogP) is 2.38. The lowest BCUT2D eigenvalue weighted by molar-refractivity contribution is -0.142. The van der Waals surface area contributed by atoms with Gasteiger partial charge in [-0.1, -0.05) is 13.8 Å². The Kier molecular flexibility index (Phi) is 4.86. The van der Waals surface area contributed by atoms with E-state index >= 15 is 0 Å². The lowest BCUT2D eigenvalue weighted by atomic mass is 9.99. The van der Waals surface area contributed by atoms with Gasteiger partial charge in [-0.2, -0.15) is 5.10 Å². The number of carbonyl (C=O) groups is 1. The van der Waals surface area contributed by atoms with Crippen molar-refractivity contribution >= 4 is 21.9 Å². The van der Waals surface area contributed by atoms with Crippen molar-refractivity contribution in [2.24, 2.45) is 11.8 Å². The molecule has 0 bridgehead atoms. The van der Waals surface area contributed by atoms with E-state index in [0.29, 0.717) is 6.54 Å². The second kappa shape index (κ2) is 6.26. The number of aliphatic carboxylic acids is 1. The lowest BCUT2D eigenvalue weighted by Gasteiger charge is -2.16. The van der Waals surface area contributed by atoms with E-state index in [4.69, 9.17) is 0 Å². The smallest absolute Gasteiger partial charge is 0.308 e. The second-order valence-electron chi connectivity index (χ2n) is 5.49. The molecule has 1 aliphatic rings. The number of aryl methyl sites for hydroxylation is 2. The first-order valence-electron chi connectivity index (χ1n) is 7.17. The van der Waals surface area contributed by atoms with Crippen LogP contribution in [0.15, 0.2) is 4.47 Å². The minimum absolute atomic E-state index is 0.204. The summed E-state index contributed by atoms with van der Waals surface area (Å²) >= 11 is 3.64. The Hall–Kier alpha value is -0.880. The highest BCUT2D eigenvalue weighted by molar-refractivity contribution is 9.10. The van der Waals surface area contributed by atoms with E-state index in [0.717, 1.165) is 41.9 Å². The molecule has 0 saturated carbocycles. The van der Waals surface area contributed by atoms with Crippen LogP contribution >= 0.6 is 15.9 Å². The third-order valence-corrected chi connectivity index (χ3v) is 4.99. The zero-order chi connectivity index (χ0) is 14.9. The summed E-state index contributed by atoms with van der Waals surface area (Å²) in [7, 11) is 0. The van der Waals surface area contributed by atoms with Crippen LogP contribution in [-0.4, -0.2) is 38.8 Å². The molecule has 5 nitrogen and oxygen atoms in total. The highest BCUT2D eigenvalue weighted by atomic mass is 79.9. The maximum atomic E-state index is 11.2.